The molecule has 0 unspecified atom stereocenters. The number of hydrogen-bond donors (Lipinski definition) is 1. The Balaban J connectivity index is 1.48. The van der Waals surface area contributed by atoms with Crippen LogP contribution < -0.4 is 10.9 Å². The Morgan fingerprint density at radius 1 is 1.07 bits per heavy atom. The number of aryl methyl sites for hydroxylation is 1. The Labute approximate surface area is 266 Å². The van der Waals surface area contributed by atoms with Crippen molar-refractivity contribution in [2.45, 2.75) is 82.6 Å². The summed E-state index contributed by atoms with van der Waals surface area (Å²) in [6.45, 7) is 8.73. The van der Waals surface area contributed by atoms with Crippen molar-refractivity contribution in [1.82, 2.24) is 19.4 Å². The number of anilines is 1. The van der Waals surface area contributed by atoms with Gasteiger partial charge in [0.1, 0.15) is 17.8 Å². The number of pyridine rings is 1. The summed E-state index contributed by atoms with van der Waals surface area (Å²) in [5.74, 6) is -2.35. The lowest BCUT2D eigenvalue weighted by Crippen LogP contribution is -2.41. The third-order valence-electron chi connectivity index (χ3n) is 9.72. The van der Waals surface area contributed by atoms with E-state index in [-0.39, 0.29) is 11.1 Å². The van der Waals surface area contributed by atoms with Gasteiger partial charge in [-0.25, -0.2) is 18.7 Å². The van der Waals surface area contributed by atoms with Crippen LogP contribution in [0.4, 0.5) is 14.6 Å². The van der Waals surface area contributed by atoms with Crippen LogP contribution in [0.15, 0.2) is 53.1 Å². The number of fused-ring (bicyclic) bond motifs is 13. The van der Waals surface area contributed by atoms with Gasteiger partial charge in [-0.05, 0) is 71.1 Å². The van der Waals surface area contributed by atoms with Gasteiger partial charge < -0.3 is 10.2 Å². The molecule has 0 saturated carbocycles. The molecule has 4 aliphatic rings. The first kappa shape index (κ1) is 33.1. The second-order valence-corrected chi connectivity index (χ2v) is 14.5. The quantitative estimate of drug-likeness (QED) is 0.416. The van der Waals surface area contributed by atoms with Crippen LogP contribution in [-0.4, -0.2) is 67.3 Å². The monoisotopic (exact) mass is 638 g/mol. The van der Waals surface area contributed by atoms with E-state index in [1.54, 1.807) is 22.8 Å². The van der Waals surface area contributed by atoms with Crippen LogP contribution in [0.5, 0.6) is 0 Å². The van der Waals surface area contributed by atoms with Crippen molar-refractivity contribution in [3.05, 3.63) is 64.3 Å². The number of nitriles is 1. The summed E-state index contributed by atoms with van der Waals surface area (Å²) in [4.78, 5) is 25.3. The highest BCUT2D eigenvalue weighted by Crippen LogP contribution is 2.39. The number of hydrogen-bond acceptors (Lipinski definition) is 7. The summed E-state index contributed by atoms with van der Waals surface area (Å²) in [7, 11) is -0.992. The molecule has 0 spiro atoms. The zero-order valence-electron chi connectivity index (χ0n) is 26.2. The summed E-state index contributed by atoms with van der Waals surface area (Å²) < 4.78 is 44.4. The van der Waals surface area contributed by atoms with Gasteiger partial charge in [-0.15, -0.1) is 0 Å². The molecule has 11 heteroatoms. The van der Waals surface area contributed by atoms with Crippen molar-refractivity contribution < 1.29 is 13.0 Å². The summed E-state index contributed by atoms with van der Waals surface area (Å²) in [5.41, 5.74) is 0.414. The Morgan fingerprint density at radius 3 is 2.47 bits per heavy atom. The molecule has 8 nitrogen and oxygen atoms in total. The highest BCUT2D eigenvalue weighted by molar-refractivity contribution is 7.85. The van der Waals surface area contributed by atoms with Crippen molar-refractivity contribution in [3.8, 4) is 6.07 Å². The Morgan fingerprint density at radius 2 is 1.76 bits per heavy atom. The minimum atomic E-state index is -2.95. The van der Waals surface area contributed by atoms with Crippen molar-refractivity contribution >= 4 is 27.7 Å². The van der Waals surface area contributed by atoms with Gasteiger partial charge in [0.25, 0.3) is 11.5 Å². The second-order valence-electron chi connectivity index (χ2n) is 12.8. The molecule has 2 aromatic rings. The van der Waals surface area contributed by atoms with E-state index in [0.717, 1.165) is 44.2 Å². The van der Waals surface area contributed by atoms with Crippen molar-refractivity contribution in [3.63, 3.8) is 0 Å². The third kappa shape index (κ3) is 7.44. The van der Waals surface area contributed by atoms with E-state index in [9.17, 15) is 14.3 Å². The second kappa shape index (κ2) is 14.5. The molecule has 0 atom stereocenters. The average Bonchev–Trinajstić information content (AvgIpc) is 3.04. The molecular formula is C34H44F2N6O2S. The Bertz CT molecular complexity index is 1580. The standard InChI is InChI=1S/C34H44F2N6O2S/c1-25-9-8-10-26(2)34(35,36)27-11-17-41(18-12-27)15-6-4-3-5-7-16-42-31-28(30(38-22-25)39-24-40-31)21-29(32(42)43)33(23-37)13-19-45(44)20-14-33/h8-10,21,24,27H,2-7,11-20,22H2,1H3,(H,38,39,40)/b10-8-,25-9+. The van der Waals surface area contributed by atoms with Crippen LogP contribution in [-0.2, 0) is 22.8 Å². The van der Waals surface area contributed by atoms with Crippen molar-refractivity contribution in [1.29, 1.82) is 5.26 Å². The van der Waals surface area contributed by atoms with Crippen molar-refractivity contribution in [2.24, 2.45) is 5.92 Å². The lowest BCUT2D eigenvalue weighted by Gasteiger charge is -2.36. The van der Waals surface area contributed by atoms with Gasteiger partial charge in [0.05, 0.1) is 16.9 Å². The lowest BCUT2D eigenvalue weighted by molar-refractivity contribution is -0.0427. The fraction of sp³-hybridized carbons (Fsp3) is 0.588. The minimum absolute atomic E-state index is 0.165. The maximum atomic E-state index is 15.3. The highest BCUT2D eigenvalue weighted by Gasteiger charge is 2.42. The molecule has 2 fully saturated rings. The average molecular weight is 639 g/mol. The molecule has 242 valence electrons. The SMILES string of the molecule is C=C1/C=C\C=C(/C)CNc2ncnc3c2cc(C2(C#N)CCS(=O)CC2)c(=O)n3CCCCCCCN2CCC(CC2)C1(F)F. The normalized spacial score (nSPS) is 30.6. The first-order valence-corrected chi connectivity index (χ1v) is 17.7. The van der Waals surface area contributed by atoms with Gasteiger partial charge in [-0.1, -0.05) is 49.6 Å². The maximum absolute atomic E-state index is 15.3. The van der Waals surface area contributed by atoms with E-state index in [4.69, 9.17) is 0 Å². The summed E-state index contributed by atoms with van der Waals surface area (Å²) in [5, 5.41) is 14.3. The molecule has 45 heavy (non-hydrogen) atoms. The van der Waals surface area contributed by atoms with Crippen LogP contribution in [0.25, 0.3) is 11.0 Å². The Hall–Kier alpha value is -3.23. The fourth-order valence-electron chi connectivity index (χ4n) is 6.76. The van der Waals surface area contributed by atoms with Gasteiger partial charge in [0, 0.05) is 52.4 Å². The van der Waals surface area contributed by atoms with E-state index in [2.05, 4.69) is 32.8 Å². The summed E-state index contributed by atoms with van der Waals surface area (Å²) >= 11 is 0. The number of nitrogens with zero attached hydrogens (tertiary/aromatic N) is 5. The van der Waals surface area contributed by atoms with E-state index in [1.165, 1.54) is 12.4 Å². The van der Waals surface area contributed by atoms with Crippen LogP contribution >= 0.6 is 0 Å². The molecule has 0 aliphatic carbocycles. The van der Waals surface area contributed by atoms with Crippen LogP contribution in [0, 0.1) is 17.2 Å². The molecule has 6 bridgehead atoms. The molecule has 6 heterocycles. The fourth-order valence-corrected chi connectivity index (χ4v) is 8.11. The van der Waals surface area contributed by atoms with E-state index < -0.39 is 28.1 Å². The third-order valence-corrected chi connectivity index (χ3v) is 11.0. The molecule has 1 N–H and O–H groups in total. The topological polar surface area (TPSA) is 104 Å². The molecule has 0 amide bonds. The number of alkyl halides is 2. The maximum Gasteiger partial charge on any atom is 0.275 e. The van der Waals surface area contributed by atoms with E-state index in [0.29, 0.717) is 85.8 Å². The molecule has 2 saturated heterocycles. The lowest BCUT2D eigenvalue weighted by atomic mass is 9.77. The molecule has 2 aromatic heterocycles. The first-order valence-electron chi connectivity index (χ1n) is 16.2. The first-order chi connectivity index (χ1) is 21.6. The predicted octanol–water partition coefficient (Wildman–Crippen LogP) is 5.88. The summed E-state index contributed by atoms with van der Waals surface area (Å²) in [6.07, 6.45) is 12.7. The number of halogens is 2. The van der Waals surface area contributed by atoms with Crippen molar-refractivity contribution in [2.75, 3.05) is 43.0 Å². The highest BCUT2D eigenvalue weighted by atomic mass is 32.2. The molecular weight excluding hydrogens is 594 g/mol. The number of rotatable bonds is 1. The zero-order chi connectivity index (χ0) is 32.0. The van der Waals surface area contributed by atoms with Gasteiger partial charge in [-0.2, -0.15) is 5.26 Å². The number of piperidine rings is 1. The molecule has 0 radical (unpaired) electrons. The van der Waals surface area contributed by atoms with Crippen LogP contribution in [0.1, 0.15) is 70.3 Å². The smallest absolute Gasteiger partial charge is 0.275 e. The van der Waals surface area contributed by atoms with Gasteiger partial charge in [0.2, 0.25) is 0 Å². The Kier molecular flexibility index (Phi) is 10.7. The molecule has 4 aliphatic heterocycles. The number of allylic oxidation sites excluding steroid dienone is 4. The van der Waals surface area contributed by atoms with Gasteiger partial charge in [-0.3, -0.25) is 13.6 Å². The van der Waals surface area contributed by atoms with Crippen LogP contribution in [0.3, 0.4) is 0 Å². The number of aromatic nitrogens is 3. The minimum Gasteiger partial charge on any atom is -0.366 e. The van der Waals surface area contributed by atoms with Gasteiger partial charge in [0.15, 0.2) is 0 Å². The summed E-state index contributed by atoms with van der Waals surface area (Å²) in [6, 6.07) is 4.18. The number of nitrogens with one attached hydrogen (secondary N) is 1. The molecule has 0 aromatic carbocycles. The van der Waals surface area contributed by atoms with Gasteiger partial charge >= 0.3 is 0 Å². The zero-order valence-corrected chi connectivity index (χ0v) is 27.0. The largest absolute Gasteiger partial charge is 0.366 e. The van der Waals surface area contributed by atoms with Crippen LogP contribution in [0.2, 0.25) is 0 Å². The predicted molar refractivity (Wildman–Crippen MR) is 176 cm³/mol. The molecule has 6 rings (SSSR count). The van der Waals surface area contributed by atoms with E-state index in [1.807, 2.05) is 6.92 Å². The van der Waals surface area contributed by atoms with E-state index >= 15 is 8.78 Å².